The van der Waals surface area contributed by atoms with Gasteiger partial charge in [-0.15, -0.1) is 11.3 Å². The summed E-state index contributed by atoms with van der Waals surface area (Å²) < 4.78 is 30.1. The first-order chi connectivity index (χ1) is 17.1. The van der Waals surface area contributed by atoms with Crippen molar-refractivity contribution in [2.24, 2.45) is 0 Å². The Labute approximate surface area is 209 Å². The van der Waals surface area contributed by atoms with Crippen LogP contribution in [0.15, 0.2) is 101 Å². The molecule has 2 atom stereocenters. The van der Waals surface area contributed by atoms with Crippen LogP contribution in [-0.2, 0) is 17.7 Å². The highest BCUT2D eigenvalue weighted by Crippen LogP contribution is 2.31. The van der Waals surface area contributed by atoms with Crippen LogP contribution >= 0.6 is 11.3 Å². The summed E-state index contributed by atoms with van der Waals surface area (Å²) in [6, 6.07) is 27.3. The van der Waals surface area contributed by atoms with Crippen LogP contribution in [0.2, 0.25) is 0 Å². The molecule has 5 rings (SSSR count). The first kappa shape index (κ1) is 23.0. The fourth-order valence-electron chi connectivity index (χ4n) is 3.66. The van der Waals surface area contributed by atoms with E-state index in [0.29, 0.717) is 23.9 Å². The van der Waals surface area contributed by atoms with Gasteiger partial charge in [0.15, 0.2) is 5.76 Å². The summed E-state index contributed by atoms with van der Waals surface area (Å²) in [4.78, 5) is 9.32. The molecule has 35 heavy (non-hydrogen) atoms. The van der Waals surface area contributed by atoms with E-state index < -0.39 is 11.3 Å². The molecular formula is C26H21N4O3S2-. The van der Waals surface area contributed by atoms with Crippen molar-refractivity contribution in [1.82, 2.24) is 9.97 Å². The number of hydrogen-bond donors (Lipinski definition) is 2. The van der Waals surface area contributed by atoms with Crippen LogP contribution in [0.1, 0.15) is 17.3 Å². The van der Waals surface area contributed by atoms with Crippen molar-refractivity contribution in [3.05, 3.63) is 108 Å². The van der Waals surface area contributed by atoms with Gasteiger partial charge in [-0.3, -0.25) is 4.21 Å². The molecule has 0 aliphatic carbocycles. The topological polar surface area (TPSA) is 103 Å². The molecular weight excluding hydrogens is 480 g/mol. The number of hydrogen-bond acceptors (Lipinski definition) is 7. The number of nitrogens with one attached hydrogen (secondary N) is 2. The van der Waals surface area contributed by atoms with Gasteiger partial charge in [0.25, 0.3) is 6.01 Å². The van der Waals surface area contributed by atoms with Crippen molar-refractivity contribution >= 4 is 34.3 Å². The quantitative estimate of drug-likeness (QED) is 0.238. The Morgan fingerprint density at radius 2 is 1.63 bits per heavy atom. The molecule has 2 aromatic heterocycles. The van der Waals surface area contributed by atoms with Gasteiger partial charge in [0.05, 0.1) is 17.9 Å². The van der Waals surface area contributed by atoms with Crippen LogP contribution in [-0.4, -0.2) is 18.7 Å². The molecule has 7 nitrogen and oxygen atoms in total. The molecule has 0 aliphatic heterocycles. The van der Waals surface area contributed by atoms with Crippen LogP contribution in [0.5, 0.6) is 0 Å². The Kier molecular flexibility index (Phi) is 6.99. The lowest BCUT2D eigenvalue weighted by atomic mass is 10.0. The van der Waals surface area contributed by atoms with Gasteiger partial charge in [-0.05, 0) is 24.1 Å². The summed E-state index contributed by atoms with van der Waals surface area (Å²) in [5, 5.41) is 6.37. The van der Waals surface area contributed by atoms with Crippen LogP contribution < -0.4 is 10.0 Å². The third-order valence-electron chi connectivity index (χ3n) is 5.36. The maximum Gasteiger partial charge on any atom is 0.295 e. The van der Waals surface area contributed by atoms with Crippen LogP contribution in [0, 0.1) is 0 Å². The molecule has 176 valence electrons. The van der Waals surface area contributed by atoms with Gasteiger partial charge in [-0.2, -0.15) is 0 Å². The number of anilines is 2. The minimum atomic E-state index is -2.36. The zero-order chi connectivity index (χ0) is 24.0. The molecule has 2 N–H and O–H groups in total. The zero-order valence-corrected chi connectivity index (χ0v) is 20.1. The maximum absolute atomic E-state index is 10.9. The smallest absolute Gasteiger partial charge is 0.295 e. The number of aromatic nitrogens is 2. The molecule has 3 aromatic carbocycles. The van der Waals surface area contributed by atoms with E-state index in [1.807, 2.05) is 78.2 Å². The lowest BCUT2D eigenvalue weighted by Gasteiger charge is -2.16. The van der Waals surface area contributed by atoms with Crippen LogP contribution in [0.3, 0.4) is 0 Å². The standard InChI is InChI=1S/C26H22N4O3S2/c31-35(32)30-21-13-11-18(12-14-21)15-22(23-17-34-25(28-23)20-9-5-2-6-10-20)29-26-27-16-24(33-26)19-7-3-1-4-8-19/h1-14,16-17,22,30H,15H2,(H,27,29)(H,31,32)/p-1/t22-/m0/s1. The highest BCUT2D eigenvalue weighted by molar-refractivity contribution is 7.80. The van der Waals surface area contributed by atoms with Gasteiger partial charge in [0.1, 0.15) is 5.01 Å². The molecule has 0 bridgehead atoms. The van der Waals surface area contributed by atoms with Gasteiger partial charge in [-0.25, -0.2) is 9.97 Å². The van der Waals surface area contributed by atoms with E-state index in [1.54, 1.807) is 29.7 Å². The molecule has 0 spiro atoms. The third kappa shape index (κ3) is 5.83. The Morgan fingerprint density at radius 1 is 0.943 bits per heavy atom. The van der Waals surface area contributed by atoms with E-state index in [1.165, 1.54) is 0 Å². The fourth-order valence-corrected chi connectivity index (χ4v) is 4.86. The van der Waals surface area contributed by atoms with Crippen molar-refractivity contribution in [1.29, 1.82) is 0 Å². The van der Waals surface area contributed by atoms with Crippen molar-refractivity contribution < 1.29 is 13.2 Å². The van der Waals surface area contributed by atoms with Gasteiger partial charge >= 0.3 is 0 Å². The molecule has 0 aliphatic rings. The van der Waals surface area contributed by atoms with Crippen molar-refractivity contribution in [2.75, 3.05) is 10.0 Å². The van der Waals surface area contributed by atoms with Gasteiger partial charge in [0, 0.05) is 33.5 Å². The Bertz CT molecular complexity index is 1400. The van der Waals surface area contributed by atoms with E-state index in [9.17, 15) is 8.76 Å². The van der Waals surface area contributed by atoms with Gasteiger partial charge in [0.2, 0.25) is 0 Å². The summed E-state index contributed by atoms with van der Waals surface area (Å²) in [6.45, 7) is 0. The summed E-state index contributed by atoms with van der Waals surface area (Å²) in [6.07, 6.45) is 2.30. The summed E-state index contributed by atoms with van der Waals surface area (Å²) >= 11 is -0.778. The predicted octanol–water partition coefficient (Wildman–Crippen LogP) is 6.07. The van der Waals surface area contributed by atoms with Crippen LogP contribution in [0.25, 0.3) is 21.9 Å². The molecule has 0 radical (unpaired) electrons. The van der Waals surface area contributed by atoms with Crippen molar-refractivity contribution in [2.45, 2.75) is 12.5 Å². The van der Waals surface area contributed by atoms with E-state index >= 15 is 0 Å². The second kappa shape index (κ2) is 10.6. The van der Waals surface area contributed by atoms with E-state index in [-0.39, 0.29) is 6.04 Å². The lowest BCUT2D eigenvalue weighted by Crippen LogP contribution is -2.14. The molecule has 0 fully saturated rings. The first-order valence-electron chi connectivity index (χ1n) is 10.9. The largest absolute Gasteiger partial charge is 0.755 e. The van der Waals surface area contributed by atoms with E-state index in [4.69, 9.17) is 9.40 Å². The van der Waals surface area contributed by atoms with Crippen LogP contribution in [0.4, 0.5) is 11.7 Å². The number of rotatable bonds is 9. The predicted molar refractivity (Wildman–Crippen MR) is 139 cm³/mol. The summed E-state index contributed by atoms with van der Waals surface area (Å²) in [5.41, 5.74) is 4.39. The minimum absolute atomic E-state index is 0.210. The Hall–Kier alpha value is -3.79. The first-order valence-corrected chi connectivity index (χ1v) is 12.8. The maximum atomic E-state index is 10.9. The van der Waals surface area contributed by atoms with E-state index in [2.05, 4.69) is 15.0 Å². The third-order valence-corrected chi connectivity index (χ3v) is 6.67. The number of nitrogens with zero attached hydrogens (tertiary/aromatic N) is 2. The normalized spacial score (nSPS) is 12.7. The molecule has 0 saturated carbocycles. The van der Waals surface area contributed by atoms with E-state index in [0.717, 1.165) is 27.4 Å². The minimum Gasteiger partial charge on any atom is -0.755 e. The fraction of sp³-hybridized carbons (Fsp3) is 0.0769. The molecule has 5 aromatic rings. The molecule has 0 saturated heterocycles. The lowest BCUT2D eigenvalue weighted by molar-refractivity contribution is 0.542. The summed E-state index contributed by atoms with van der Waals surface area (Å²) in [7, 11) is 0. The van der Waals surface area contributed by atoms with Crippen molar-refractivity contribution in [3.8, 4) is 21.9 Å². The average molecular weight is 502 g/mol. The highest BCUT2D eigenvalue weighted by atomic mass is 32.2. The second-order valence-electron chi connectivity index (χ2n) is 7.77. The summed E-state index contributed by atoms with van der Waals surface area (Å²) in [5.74, 6) is 0.677. The molecule has 1 unspecified atom stereocenters. The highest BCUT2D eigenvalue weighted by Gasteiger charge is 2.19. The zero-order valence-electron chi connectivity index (χ0n) is 18.5. The number of thiazole rings is 1. The molecule has 9 heteroatoms. The Balaban J connectivity index is 1.41. The molecule has 0 amide bonds. The Morgan fingerprint density at radius 3 is 2.31 bits per heavy atom. The second-order valence-corrected chi connectivity index (χ2v) is 9.31. The number of oxazole rings is 1. The van der Waals surface area contributed by atoms with Gasteiger partial charge in [-0.1, -0.05) is 72.8 Å². The SMILES string of the molecule is O=S([O-])Nc1ccc(C[C@H](Nc2ncc(-c3ccccc3)o2)c2csc(-c3ccccc3)n2)cc1. The number of benzene rings is 3. The average Bonchev–Trinajstić information content (AvgIpc) is 3.56. The monoisotopic (exact) mass is 501 g/mol. The van der Waals surface area contributed by atoms with Gasteiger partial charge < -0.3 is 19.0 Å². The molecule has 2 heterocycles. The van der Waals surface area contributed by atoms with Crippen molar-refractivity contribution in [3.63, 3.8) is 0 Å².